The van der Waals surface area contributed by atoms with Crippen molar-refractivity contribution >= 4 is 17.6 Å². The van der Waals surface area contributed by atoms with Crippen LogP contribution in [0.25, 0.3) is 0 Å². The molecule has 0 aliphatic carbocycles. The van der Waals surface area contributed by atoms with Crippen molar-refractivity contribution in [2.45, 2.75) is 26.7 Å². The van der Waals surface area contributed by atoms with Crippen LogP contribution in [0.4, 0.5) is 5.69 Å². The first-order valence-electron chi connectivity index (χ1n) is 6.73. The number of methoxy groups -OCH3 is 1. The van der Waals surface area contributed by atoms with Crippen molar-refractivity contribution < 1.29 is 19.1 Å². The first-order chi connectivity index (χ1) is 9.63. The van der Waals surface area contributed by atoms with Gasteiger partial charge in [-0.05, 0) is 25.5 Å². The lowest BCUT2D eigenvalue weighted by atomic mass is 10.2. The molecule has 0 saturated heterocycles. The van der Waals surface area contributed by atoms with E-state index < -0.39 is 0 Å². The summed E-state index contributed by atoms with van der Waals surface area (Å²) in [5.41, 5.74) is 0.876. The Labute approximate surface area is 119 Å². The maximum Gasteiger partial charge on any atom is 0.305 e. The Balaban J connectivity index is 0.000000246. The summed E-state index contributed by atoms with van der Waals surface area (Å²) in [6.45, 7) is 4.75. The molecule has 20 heavy (non-hydrogen) atoms. The summed E-state index contributed by atoms with van der Waals surface area (Å²) in [5.74, 6) is 0.702. The van der Waals surface area contributed by atoms with Crippen molar-refractivity contribution in [2.75, 3.05) is 25.2 Å². The SMILES string of the molecule is CCCC(=O)OC.CCN1C(=O)COc2ccccc21. The zero-order chi connectivity index (χ0) is 15.0. The summed E-state index contributed by atoms with van der Waals surface area (Å²) in [7, 11) is 1.40. The van der Waals surface area contributed by atoms with E-state index in [-0.39, 0.29) is 18.5 Å². The number of hydrogen-bond acceptors (Lipinski definition) is 4. The van der Waals surface area contributed by atoms with E-state index in [1.165, 1.54) is 7.11 Å². The molecular weight excluding hydrogens is 258 g/mol. The Morgan fingerprint density at radius 3 is 2.60 bits per heavy atom. The molecule has 0 radical (unpaired) electrons. The van der Waals surface area contributed by atoms with Crippen molar-refractivity contribution in [1.29, 1.82) is 0 Å². The number of anilines is 1. The van der Waals surface area contributed by atoms with Crippen LogP contribution in [-0.2, 0) is 14.3 Å². The third-order valence-corrected chi connectivity index (χ3v) is 2.81. The van der Waals surface area contributed by atoms with E-state index in [1.54, 1.807) is 4.90 Å². The molecule has 5 heteroatoms. The highest BCUT2D eigenvalue weighted by molar-refractivity contribution is 5.97. The van der Waals surface area contributed by atoms with Crippen LogP contribution in [0.3, 0.4) is 0 Å². The number of carbonyl (C=O) groups excluding carboxylic acids is 2. The zero-order valence-electron chi connectivity index (χ0n) is 12.2. The van der Waals surface area contributed by atoms with Gasteiger partial charge in [0.1, 0.15) is 5.75 Å². The van der Waals surface area contributed by atoms with Crippen LogP contribution in [0.5, 0.6) is 5.75 Å². The van der Waals surface area contributed by atoms with Gasteiger partial charge in [-0.2, -0.15) is 0 Å². The van der Waals surface area contributed by atoms with Crippen LogP contribution in [0.15, 0.2) is 24.3 Å². The van der Waals surface area contributed by atoms with E-state index in [9.17, 15) is 9.59 Å². The molecule has 0 spiro atoms. The van der Waals surface area contributed by atoms with Crippen LogP contribution in [-0.4, -0.2) is 32.1 Å². The summed E-state index contributed by atoms with van der Waals surface area (Å²) < 4.78 is 9.63. The van der Waals surface area contributed by atoms with Gasteiger partial charge in [-0.25, -0.2) is 0 Å². The number of nitrogens with zero attached hydrogens (tertiary/aromatic N) is 1. The van der Waals surface area contributed by atoms with Gasteiger partial charge < -0.3 is 14.4 Å². The number of fused-ring (bicyclic) bond motifs is 1. The molecule has 1 aliphatic rings. The molecule has 2 rings (SSSR count). The monoisotopic (exact) mass is 279 g/mol. The fourth-order valence-corrected chi connectivity index (χ4v) is 1.81. The summed E-state index contributed by atoms with van der Waals surface area (Å²) in [5, 5.41) is 0. The molecule has 5 nitrogen and oxygen atoms in total. The predicted molar refractivity (Wildman–Crippen MR) is 76.9 cm³/mol. The lowest BCUT2D eigenvalue weighted by Gasteiger charge is -2.27. The first-order valence-corrected chi connectivity index (χ1v) is 6.73. The molecule has 1 heterocycles. The largest absolute Gasteiger partial charge is 0.482 e. The van der Waals surface area contributed by atoms with Crippen molar-refractivity contribution in [1.82, 2.24) is 0 Å². The molecule has 0 fully saturated rings. The van der Waals surface area contributed by atoms with Gasteiger partial charge in [0.2, 0.25) is 0 Å². The Bertz CT molecular complexity index is 459. The van der Waals surface area contributed by atoms with Crippen molar-refractivity contribution in [3.05, 3.63) is 24.3 Å². The Morgan fingerprint density at radius 2 is 2.05 bits per heavy atom. The highest BCUT2D eigenvalue weighted by Gasteiger charge is 2.22. The van der Waals surface area contributed by atoms with Gasteiger partial charge in [0.05, 0.1) is 12.8 Å². The molecule has 0 N–H and O–H groups in total. The maximum absolute atomic E-state index is 11.4. The van der Waals surface area contributed by atoms with Crippen LogP contribution in [0.1, 0.15) is 26.7 Å². The molecule has 0 atom stereocenters. The van der Waals surface area contributed by atoms with Crippen LogP contribution < -0.4 is 9.64 Å². The van der Waals surface area contributed by atoms with Gasteiger partial charge in [0, 0.05) is 13.0 Å². The smallest absolute Gasteiger partial charge is 0.305 e. The second-order valence-corrected chi connectivity index (χ2v) is 4.22. The third-order valence-electron chi connectivity index (χ3n) is 2.81. The molecule has 1 amide bonds. The van der Waals surface area contributed by atoms with Gasteiger partial charge in [-0.3, -0.25) is 9.59 Å². The first kappa shape index (κ1) is 16.0. The number of benzene rings is 1. The Morgan fingerprint density at radius 1 is 1.35 bits per heavy atom. The highest BCUT2D eigenvalue weighted by Crippen LogP contribution is 2.30. The van der Waals surface area contributed by atoms with E-state index in [0.717, 1.165) is 17.9 Å². The number of likely N-dealkylation sites (N-methyl/N-ethyl adjacent to an activating group) is 1. The molecule has 0 bridgehead atoms. The number of amides is 1. The lowest BCUT2D eigenvalue weighted by molar-refractivity contribution is -0.140. The number of carbonyl (C=O) groups is 2. The minimum Gasteiger partial charge on any atom is -0.482 e. The van der Waals surface area contributed by atoms with E-state index in [2.05, 4.69) is 4.74 Å². The van der Waals surface area contributed by atoms with E-state index >= 15 is 0 Å². The molecule has 1 aromatic rings. The summed E-state index contributed by atoms with van der Waals surface area (Å²) in [6, 6.07) is 7.59. The zero-order valence-corrected chi connectivity index (χ0v) is 12.2. The molecule has 1 aliphatic heterocycles. The fourth-order valence-electron chi connectivity index (χ4n) is 1.81. The number of ether oxygens (including phenoxy) is 2. The van der Waals surface area contributed by atoms with Crippen molar-refractivity contribution in [3.8, 4) is 5.75 Å². The maximum atomic E-state index is 11.4. The molecule has 1 aromatic carbocycles. The topological polar surface area (TPSA) is 55.8 Å². The van der Waals surface area contributed by atoms with Crippen molar-refractivity contribution in [2.24, 2.45) is 0 Å². The normalized spacial score (nSPS) is 12.8. The summed E-state index contributed by atoms with van der Waals surface area (Å²) >= 11 is 0. The number of esters is 1. The van der Waals surface area contributed by atoms with Gasteiger partial charge >= 0.3 is 5.97 Å². The quantitative estimate of drug-likeness (QED) is 0.797. The van der Waals surface area contributed by atoms with Gasteiger partial charge in [0.15, 0.2) is 6.61 Å². The average molecular weight is 279 g/mol. The standard InChI is InChI=1S/C10H11NO2.C5H10O2/c1-2-11-8-5-3-4-6-9(8)13-7-10(11)12;1-3-4-5(6)7-2/h3-6H,2,7H2,1H3;3-4H2,1-2H3. The average Bonchev–Trinajstić information content (AvgIpc) is 2.48. The molecule has 0 unspecified atom stereocenters. The van der Waals surface area contributed by atoms with Crippen molar-refractivity contribution in [3.63, 3.8) is 0 Å². The van der Waals surface area contributed by atoms with Gasteiger partial charge in [0.25, 0.3) is 5.91 Å². The molecule has 0 aromatic heterocycles. The molecule has 0 saturated carbocycles. The van der Waals surface area contributed by atoms with E-state index in [4.69, 9.17) is 4.74 Å². The van der Waals surface area contributed by atoms with E-state index in [0.29, 0.717) is 13.0 Å². The second kappa shape index (κ2) is 8.19. The molecule has 110 valence electrons. The predicted octanol–water partition coefficient (Wildman–Crippen LogP) is 2.39. The lowest BCUT2D eigenvalue weighted by Crippen LogP contribution is -2.38. The van der Waals surface area contributed by atoms with E-state index in [1.807, 2.05) is 38.1 Å². The number of hydrogen-bond donors (Lipinski definition) is 0. The number of para-hydroxylation sites is 2. The van der Waals surface area contributed by atoms with Gasteiger partial charge in [-0.1, -0.05) is 19.1 Å². The third kappa shape index (κ3) is 4.26. The Hall–Kier alpha value is -2.04. The summed E-state index contributed by atoms with van der Waals surface area (Å²) in [6.07, 6.45) is 1.41. The second-order valence-electron chi connectivity index (χ2n) is 4.22. The van der Waals surface area contributed by atoms with Crippen LogP contribution in [0, 0.1) is 0 Å². The minimum absolute atomic E-state index is 0.0289. The van der Waals surface area contributed by atoms with Gasteiger partial charge in [-0.15, -0.1) is 0 Å². The van der Waals surface area contributed by atoms with Crippen LogP contribution in [0.2, 0.25) is 0 Å². The Kier molecular flexibility index (Phi) is 6.56. The minimum atomic E-state index is -0.123. The van der Waals surface area contributed by atoms with Crippen LogP contribution >= 0.6 is 0 Å². The summed E-state index contributed by atoms with van der Waals surface area (Å²) in [4.78, 5) is 23.3. The number of rotatable bonds is 3. The fraction of sp³-hybridized carbons (Fsp3) is 0.467. The molecular formula is C15H21NO4. The highest BCUT2D eigenvalue weighted by atomic mass is 16.5.